The molecule has 3 saturated carbocycles. The number of carbonyl (C=O) groups excluding carboxylic acids is 1. The lowest BCUT2D eigenvalue weighted by Crippen LogP contribution is -2.79. The van der Waals surface area contributed by atoms with Gasteiger partial charge >= 0.3 is 5.97 Å². The maximum atomic E-state index is 12.9. The highest BCUT2D eigenvalue weighted by Crippen LogP contribution is 2.70. The summed E-state index contributed by atoms with van der Waals surface area (Å²) < 4.78 is 5.64. The molecular formula is C23H31ClO7. The number of fused-ring (bicyclic) bond motifs is 3. The van der Waals surface area contributed by atoms with Gasteiger partial charge < -0.3 is 30.3 Å². The molecule has 0 saturated heterocycles. The number of benzene rings is 1. The fourth-order valence-corrected chi connectivity index (χ4v) is 7.01. The monoisotopic (exact) mass is 454 g/mol. The molecule has 0 heterocycles. The van der Waals surface area contributed by atoms with E-state index in [9.17, 15) is 30.3 Å². The molecule has 7 nitrogen and oxygen atoms in total. The summed E-state index contributed by atoms with van der Waals surface area (Å²) in [6.07, 6.45) is 0.175. The maximum absolute atomic E-state index is 12.9. The predicted octanol–water partition coefficient (Wildman–Crippen LogP) is 2.76. The molecule has 31 heavy (non-hydrogen) atoms. The Kier molecular flexibility index (Phi) is 5.10. The Balaban J connectivity index is 1.66. The highest BCUT2D eigenvalue weighted by molar-refractivity contribution is 6.33. The molecule has 1 aromatic rings. The normalized spacial score (nSPS) is 40.6. The lowest BCUT2D eigenvalue weighted by molar-refractivity contribution is -0.332. The molecule has 1 aromatic carbocycles. The average molecular weight is 455 g/mol. The molecule has 2 unspecified atom stereocenters. The molecular weight excluding hydrogens is 424 g/mol. The van der Waals surface area contributed by atoms with Gasteiger partial charge in [0.25, 0.3) is 0 Å². The summed E-state index contributed by atoms with van der Waals surface area (Å²) in [5, 5.41) is 52.8. The van der Waals surface area contributed by atoms with E-state index in [1.807, 2.05) is 6.92 Å². The second-order valence-electron chi connectivity index (χ2n) is 10.7. The van der Waals surface area contributed by atoms with Crippen molar-refractivity contribution in [3.05, 3.63) is 22.2 Å². The summed E-state index contributed by atoms with van der Waals surface area (Å²) in [7, 11) is 0. The van der Waals surface area contributed by atoms with Gasteiger partial charge in [-0.05, 0) is 49.0 Å². The standard InChI is InChI=1S/C23H31ClO7/c1-10-17(14(26)5-15(27)18(10)24)20(29)31-16-8-22(4)12-7-21(2,3)6-11(12)19(28)13(9-25)23(16,22)30/h5,11-13,16,19,25-28,30H,6-9H2,1-4H3/t11?,12?,13-,16-,19+,22-,23+/m1/s1. The highest BCUT2D eigenvalue weighted by Gasteiger charge is 2.76. The van der Waals surface area contributed by atoms with Gasteiger partial charge in [-0.3, -0.25) is 0 Å². The van der Waals surface area contributed by atoms with Crippen molar-refractivity contribution in [3.8, 4) is 11.5 Å². The summed E-state index contributed by atoms with van der Waals surface area (Å²) in [5.74, 6) is -2.54. The van der Waals surface area contributed by atoms with Crippen molar-refractivity contribution in [2.75, 3.05) is 6.61 Å². The van der Waals surface area contributed by atoms with E-state index in [4.69, 9.17) is 16.3 Å². The van der Waals surface area contributed by atoms with Crippen molar-refractivity contribution in [1.29, 1.82) is 0 Å². The Bertz CT molecular complexity index is 931. The Morgan fingerprint density at radius 1 is 1.19 bits per heavy atom. The zero-order valence-electron chi connectivity index (χ0n) is 18.2. The second kappa shape index (κ2) is 6.98. The first-order valence-corrected chi connectivity index (χ1v) is 11.1. The number of phenols is 2. The molecule has 3 aliphatic rings. The van der Waals surface area contributed by atoms with Crippen LogP contribution in [0.5, 0.6) is 11.5 Å². The van der Waals surface area contributed by atoms with Crippen molar-refractivity contribution >= 4 is 17.6 Å². The number of hydrogen-bond donors (Lipinski definition) is 5. The molecule has 0 spiro atoms. The molecule has 0 amide bonds. The van der Waals surface area contributed by atoms with Gasteiger partial charge in [0.1, 0.15) is 28.8 Å². The van der Waals surface area contributed by atoms with E-state index in [2.05, 4.69) is 13.8 Å². The smallest absolute Gasteiger partial charge is 0.342 e. The van der Waals surface area contributed by atoms with Crippen LogP contribution in [0.4, 0.5) is 0 Å². The van der Waals surface area contributed by atoms with E-state index in [1.54, 1.807) is 0 Å². The Labute approximate surface area is 186 Å². The molecule has 0 aliphatic heterocycles. The minimum absolute atomic E-state index is 0.0119. The number of esters is 1. The van der Waals surface area contributed by atoms with Crippen LogP contribution in [-0.2, 0) is 4.74 Å². The van der Waals surface area contributed by atoms with E-state index in [0.717, 1.165) is 18.9 Å². The van der Waals surface area contributed by atoms with Gasteiger partial charge in [0, 0.05) is 17.4 Å². The number of aromatic hydroxyl groups is 2. The van der Waals surface area contributed by atoms with E-state index in [1.165, 1.54) is 6.92 Å². The molecule has 5 N–H and O–H groups in total. The van der Waals surface area contributed by atoms with Crippen molar-refractivity contribution in [2.24, 2.45) is 28.6 Å². The van der Waals surface area contributed by atoms with Crippen molar-refractivity contribution in [3.63, 3.8) is 0 Å². The highest BCUT2D eigenvalue weighted by atomic mass is 35.5. The van der Waals surface area contributed by atoms with Gasteiger partial charge in [0.05, 0.1) is 17.7 Å². The number of ether oxygens (including phenoxy) is 1. The van der Waals surface area contributed by atoms with Gasteiger partial charge in [0.2, 0.25) is 0 Å². The SMILES string of the molecule is Cc1c(Cl)c(O)cc(O)c1C(=O)O[C@@H]1C[C@]2(C)C3CC(C)(C)CC3[C@H](O)[C@@H](CO)[C@]12O. The van der Waals surface area contributed by atoms with Crippen LogP contribution >= 0.6 is 11.6 Å². The van der Waals surface area contributed by atoms with Crippen molar-refractivity contribution in [2.45, 2.75) is 64.8 Å². The molecule has 172 valence electrons. The number of halogens is 1. The Morgan fingerprint density at radius 2 is 1.84 bits per heavy atom. The molecule has 0 bridgehead atoms. The Morgan fingerprint density at radius 3 is 2.45 bits per heavy atom. The van der Waals surface area contributed by atoms with Crippen LogP contribution in [-0.4, -0.2) is 55.9 Å². The molecule has 3 fully saturated rings. The van der Waals surface area contributed by atoms with Gasteiger partial charge in [0.15, 0.2) is 0 Å². The van der Waals surface area contributed by atoms with Crippen LogP contribution in [0.1, 0.15) is 56.0 Å². The quantitative estimate of drug-likeness (QED) is 0.444. The predicted molar refractivity (Wildman–Crippen MR) is 113 cm³/mol. The summed E-state index contributed by atoms with van der Waals surface area (Å²) in [4.78, 5) is 12.9. The van der Waals surface area contributed by atoms with Crippen molar-refractivity contribution in [1.82, 2.24) is 0 Å². The molecule has 0 radical (unpaired) electrons. The first-order valence-electron chi connectivity index (χ1n) is 10.7. The lowest BCUT2D eigenvalue weighted by Gasteiger charge is -2.69. The van der Waals surface area contributed by atoms with E-state index in [-0.39, 0.29) is 39.1 Å². The number of aliphatic hydroxyl groups excluding tert-OH is 2. The fourth-order valence-electron chi connectivity index (χ4n) is 6.86. The van der Waals surface area contributed by atoms with E-state index in [0.29, 0.717) is 6.42 Å². The maximum Gasteiger partial charge on any atom is 0.342 e. The minimum Gasteiger partial charge on any atom is -0.507 e. The summed E-state index contributed by atoms with van der Waals surface area (Å²) in [6, 6.07) is 0.970. The van der Waals surface area contributed by atoms with E-state index >= 15 is 0 Å². The third-order valence-corrected chi connectivity index (χ3v) is 8.91. The third-order valence-electron chi connectivity index (χ3n) is 8.44. The van der Waals surface area contributed by atoms with Gasteiger partial charge in [-0.15, -0.1) is 0 Å². The molecule has 4 rings (SSSR count). The number of phenolic OH excluding ortho intramolecular Hbond substituents is 2. The lowest BCUT2D eigenvalue weighted by atomic mass is 9.40. The number of rotatable bonds is 3. The Hall–Kier alpha value is -1.54. The summed E-state index contributed by atoms with van der Waals surface area (Å²) in [6.45, 7) is 7.28. The summed E-state index contributed by atoms with van der Waals surface area (Å²) >= 11 is 6.01. The largest absolute Gasteiger partial charge is 0.507 e. The molecule has 0 aromatic heterocycles. The number of aliphatic hydroxyl groups is 3. The van der Waals surface area contributed by atoms with Crippen LogP contribution in [0.2, 0.25) is 5.02 Å². The zero-order chi connectivity index (χ0) is 23.1. The topological polar surface area (TPSA) is 127 Å². The third kappa shape index (κ3) is 2.93. The van der Waals surface area contributed by atoms with Crippen molar-refractivity contribution < 1.29 is 35.1 Å². The average Bonchev–Trinajstić information content (AvgIpc) is 3.01. The first kappa shape index (κ1) is 22.6. The second-order valence-corrected chi connectivity index (χ2v) is 11.1. The molecule has 7 atom stereocenters. The number of carbonyl (C=O) groups is 1. The van der Waals surface area contributed by atoms with Gasteiger partial charge in [-0.25, -0.2) is 4.79 Å². The van der Waals surface area contributed by atoms with Crippen LogP contribution < -0.4 is 0 Å². The van der Waals surface area contributed by atoms with Crippen LogP contribution in [0.25, 0.3) is 0 Å². The van der Waals surface area contributed by atoms with Crippen LogP contribution in [0, 0.1) is 35.5 Å². The van der Waals surface area contributed by atoms with Gasteiger partial charge in [-0.1, -0.05) is 32.4 Å². The van der Waals surface area contributed by atoms with Crippen LogP contribution in [0.15, 0.2) is 6.07 Å². The zero-order valence-corrected chi connectivity index (χ0v) is 19.0. The number of hydrogen-bond acceptors (Lipinski definition) is 7. The molecule has 8 heteroatoms. The minimum atomic E-state index is -1.59. The fraction of sp³-hybridized carbons (Fsp3) is 0.696. The first-order chi connectivity index (χ1) is 14.3. The van der Waals surface area contributed by atoms with Crippen LogP contribution in [0.3, 0.4) is 0 Å². The molecule has 3 aliphatic carbocycles. The summed E-state index contributed by atoms with van der Waals surface area (Å²) in [5.41, 5.74) is -2.22. The van der Waals surface area contributed by atoms with Gasteiger partial charge in [-0.2, -0.15) is 0 Å². The van der Waals surface area contributed by atoms with E-state index < -0.39 is 47.5 Å².